The lowest BCUT2D eigenvalue weighted by atomic mass is 9.97. The van der Waals surface area contributed by atoms with E-state index in [1.807, 2.05) is 0 Å². The van der Waals surface area contributed by atoms with Gasteiger partial charge in [-0.3, -0.25) is 4.79 Å². The van der Waals surface area contributed by atoms with Crippen LogP contribution in [0.25, 0.3) is 0 Å². The molecule has 1 amide bonds. The van der Waals surface area contributed by atoms with E-state index in [9.17, 15) is 14.3 Å². The fraction of sp³-hybridized carbons (Fsp3) is 0.474. The summed E-state index contributed by atoms with van der Waals surface area (Å²) in [4.78, 5) is 20.6. The Hall–Kier alpha value is -1.95. The number of aromatic nitrogens is 1. The van der Waals surface area contributed by atoms with Crippen LogP contribution in [0.1, 0.15) is 57.5 Å². The van der Waals surface area contributed by atoms with E-state index in [-0.39, 0.29) is 17.2 Å². The van der Waals surface area contributed by atoms with Crippen LogP contribution in [0.5, 0.6) is 5.75 Å². The number of halogens is 1. The second kappa shape index (κ2) is 6.75. The Morgan fingerprint density at radius 1 is 1.28 bits per heavy atom. The smallest absolute Gasteiger partial charge is 0.260 e. The van der Waals surface area contributed by atoms with Gasteiger partial charge in [-0.25, -0.2) is 9.37 Å². The highest BCUT2D eigenvalue weighted by molar-refractivity contribution is 7.11. The van der Waals surface area contributed by atoms with Crippen LogP contribution in [-0.2, 0) is 12.8 Å². The van der Waals surface area contributed by atoms with Crippen molar-refractivity contribution in [3.8, 4) is 5.75 Å². The van der Waals surface area contributed by atoms with Crippen LogP contribution in [0.2, 0.25) is 0 Å². The van der Waals surface area contributed by atoms with E-state index in [2.05, 4.69) is 0 Å². The van der Waals surface area contributed by atoms with Crippen LogP contribution in [0.3, 0.4) is 0 Å². The van der Waals surface area contributed by atoms with Crippen molar-refractivity contribution < 1.29 is 14.3 Å². The van der Waals surface area contributed by atoms with E-state index in [0.29, 0.717) is 13.1 Å². The minimum absolute atomic E-state index is 0.210. The van der Waals surface area contributed by atoms with Gasteiger partial charge in [-0.1, -0.05) is 6.07 Å². The molecule has 4 rings (SSSR count). The Morgan fingerprint density at radius 2 is 2.12 bits per heavy atom. The Labute approximate surface area is 150 Å². The van der Waals surface area contributed by atoms with Crippen molar-refractivity contribution in [2.75, 3.05) is 13.1 Å². The summed E-state index contributed by atoms with van der Waals surface area (Å²) in [6.07, 6.45) is 6.49. The SMILES string of the molecule is O=C(c1c(O)cccc1F)N1CCCC(c2nc3c(s2)CCCC3)C1. The molecule has 2 heterocycles. The highest BCUT2D eigenvalue weighted by Crippen LogP contribution is 2.35. The van der Waals surface area contributed by atoms with Gasteiger partial charge < -0.3 is 10.0 Å². The predicted molar refractivity (Wildman–Crippen MR) is 94.7 cm³/mol. The molecule has 2 aliphatic rings. The summed E-state index contributed by atoms with van der Waals surface area (Å²) in [5.74, 6) is -1.18. The van der Waals surface area contributed by atoms with Crippen molar-refractivity contribution in [1.29, 1.82) is 0 Å². The summed E-state index contributed by atoms with van der Waals surface area (Å²) in [5.41, 5.74) is 1.02. The van der Waals surface area contributed by atoms with Gasteiger partial charge in [-0.15, -0.1) is 11.3 Å². The molecule has 1 atom stereocenters. The molecule has 1 unspecified atom stereocenters. The van der Waals surface area contributed by atoms with E-state index < -0.39 is 11.7 Å². The predicted octanol–water partition coefficient (Wildman–Crippen LogP) is 3.89. The minimum Gasteiger partial charge on any atom is -0.507 e. The van der Waals surface area contributed by atoms with E-state index in [1.165, 1.54) is 41.6 Å². The van der Waals surface area contributed by atoms with E-state index >= 15 is 0 Å². The van der Waals surface area contributed by atoms with Gasteiger partial charge >= 0.3 is 0 Å². The zero-order valence-corrected chi connectivity index (χ0v) is 14.8. The maximum absolute atomic E-state index is 14.0. The van der Waals surface area contributed by atoms with Crippen LogP contribution >= 0.6 is 11.3 Å². The molecule has 1 saturated heterocycles. The molecule has 25 heavy (non-hydrogen) atoms. The van der Waals surface area contributed by atoms with E-state index in [1.54, 1.807) is 16.2 Å². The number of thiazole rings is 1. The maximum Gasteiger partial charge on any atom is 0.260 e. The third-order valence-electron chi connectivity index (χ3n) is 5.13. The number of likely N-dealkylation sites (tertiary alicyclic amines) is 1. The standard InChI is InChI=1S/C19H21FN2O2S/c20-13-6-3-8-15(23)17(13)19(24)22-10-4-5-12(11-22)18-21-14-7-1-2-9-16(14)25-18/h3,6,8,12,23H,1-2,4-5,7,9-11H2. The molecule has 0 radical (unpaired) electrons. The molecule has 0 bridgehead atoms. The van der Waals surface area contributed by atoms with Crippen molar-refractivity contribution in [2.45, 2.75) is 44.4 Å². The van der Waals surface area contributed by atoms with Crippen LogP contribution in [-0.4, -0.2) is 34.0 Å². The first-order valence-electron chi connectivity index (χ1n) is 8.88. The summed E-state index contributed by atoms with van der Waals surface area (Å²) in [7, 11) is 0. The lowest BCUT2D eigenvalue weighted by Crippen LogP contribution is -2.39. The fourth-order valence-corrected chi connectivity index (χ4v) is 5.07. The molecule has 2 aromatic rings. The quantitative estimate of drug-likeness (QED) is 0.884. The molecule has 6 heteroatoms. The molecule has 1 aliphatic heterocycles. The van der Waals surface area contributed by atoms with Crippen molar-refractivity contribution >= 4 is 17.2 Å². The lowest BCUT2D eigenvalue weighted by molar-refractivity contribution is 0.0699. The number of phenolic OH excluding ortho intramolecular Hbond substituents is 1. The molecule has 1 aliphatic carbocycles. The second-order valence-electron chi connectivity index (χ2n) is 6.85. The topological polar surface area (TPSA) is 53.4 Å². The number of piperidine rings is 1. The Morgan fingerprint density at radius 3 is 2.92 bits per heavy atom. The lowest BCUT2D eigenvalue weighted by Gasteiger charge is -2.32. The Bertz CT molecular complexity index is 761. The van der Waals surface area contributed by atoms with E-state index in [0.717, 1.165) is 30.7 Å². The normalized spacial score (nSPS) is 20.4. The monoisotopic (exact) mass is 360 g/mol. The number of phenols is 1. The van der Waals surface area contributed by atoms with Gasteiger partial charge in [0.1, 0.15) is 17.1 Å². The van der Waals surface area contributed by atoms with Gasteiger partial charge in [0.05, 0.1) is 10.7 Å². The third-order valence-corrected chi connectivity index (χ3v) is 6.45. The average Bonchev–Trinajstić information content (AvgIpc) is 3.06. The summed E-state index contributed by atoms with van der Waals surface area (Å²) >= 11 is 1.79. The zero-order valence-electron chi connectivity index (χ0n) is 14.0. The summed E-state index contributed by atoms with van der Waals surface area (Å²) < 4.78 is 14.0. The first kappa shape index (κ1) is 16.5. The molecule has 1 N–H and O–H groups in total. The van der Waals surface area contributed by atoms with Crippen LogP contribution < -0.4 is 0 Å². The van der Waals surface area contributed by atoms with Gasteiger partial charge in [0, 0.05) is 23.9 Å². The van der Waals surface area contributed by atoms with E-state index in [4.69, 9.17) is 4.98 Å². The molecule has 1 aromatic carbocycles. The summed E-state index contributed by atoms with van der Waals surface area (Å²) in [6.45, 7) is 1.13. The van der Waals surface area contributed by atoms with Gasteiger partial charge in [0.15, 0.2) is 0 Å². The Balaban J connectivity index is 1.55. The second-order valence-corrected chi connectivity index (χ2v) is 7.97. The third kappa shape index (κ3) is 3.15. The van der Waals surface area contributed by atoms with Crippen LogP contribution in [0.4, 0.5) is 4.39 Å². The van der Waals surface area contributed by atoms with Crippen molar-refractivity contribution in [3.63, 3.8) is 0 Å². The highest BCUT2D eigenvalue weighted by atomic mass is 32.1. The molecule has 1 fully saturated rings. The van der Waals surface area contributed by atoms with Gasteiger partial charge in [0.2, 0.25) is 0 Å². The van der Waals surface area contributed by atoms with Gasteiger partial charge in [0.25, 0.3) is 5.91 Å². The number of carbonyl (C=O) groups excluding carboxylic acids is 1. The molecule has 4 nitrogen and oxygen atoms in total. The molecular formula is C19H21FN2O2S. The number of amides is 1. The zero-order chi connectivity index (χ0) is 17.4. The molecule has 132 valence electrons. The largest absolute Gasteiger partial charge is 0.507 e. The van der Waals surface area contributed by atoms with Gasteiger partial charge in [-0.05, 0) is 50.7 Å². The molecule has 0 spiro atoms. The number of hydrogen-bond donors (Lipinski definition) is 1. The Kier molecular flexibility index (Phi) is 4.46. The number of carbonyl (C=O) groups is 1. The average molecular weight is 360 g/mol. The number of nitrogens with zero attached hydrogens (tertiary/aromatic N) is 2. The fourth-order valence-electron chi connectivity index (χ4n) is 3.79. The summed E-state index contributed by atoms with van der Waals surface area (Å²) in [6, 6.07) is 3.97. The van der Waals surface area contributed by atoms with Gasteiger partial charge in [-0.2, -0.15) is 0 Å². The van der Waals surface area contributed by atoms with Crippen LogP contribution in [0, 0.1) is 5.82 Å². The van der Waals surface area contributed by atoms with Crippen LogP contribution in [0.15, 0.2) is 18.2 Å². The molecule has 1 aromatic heterocycles. The number of aryl methyl sites for hydroxylation is 2. The first-order chi connectivity index (χ1) is 12.1. The number of rotatable bonds is 2. The number of fused-ring (bicyclic) bond motifs is 1. The van der Waals surface area contributed by atoms with Crippen molar-refractivity contribution in [1.82, 2.24) is 9.88 Å². The number of aromatic hydroxyl groups is 1. The number of hydrogen-bond acceptors (Lipinski definition) is 4. The molecule has 0 saturated carbocycles. The summed E-state index contributed by atoms with van der Waals surface area (Å²) in [5, 5.41) is 11.0. The highest BCUT2D eigenvalue weighted by Gasteiger charge is 2.30. The van der Waals surface area contributed by atoms with Crippen molar-refractivity contribution in [3.05, 3.63) is 45.2 Å². The molecular weight excluding hydrogens is 339 g/mol. The maximum atomic E-state index is 14.0. The number of benzene rings is 1. The first-order valence-corrected chi connectivity index (χ1v) is 9.70. The van der Waals surface area contributed by atoms with Crippen molar-refractivity contribution in [2.24, 2.45) is 0 Å². The minimum atomic E-state index is -0.670.